The van der Waals surface area contributed by atoms with Crippen molar-refractivity contribution in [1.29, 1.82) is 0 Å². The van der Waals surface area contributed by atoms with Gasteiger partial charge in [-0.25, -0.2) is 0 Å². The molecule has 0 aromatic heterocycles. The maximum absolute atomic E-state index is 3.65. The fourth-order valence-corrected chi connectivity index (χ4v) is 2.35. The smallest absolute Gasteiger partial charge is 0.0278 e. The van der Waals surface area contributed by atoms with Gasteiger partial charge in [-0.2, -0.15) is 11.8 Å². The highest BCUT2D eigenvalue weighted by atomic mass is 32.2. The molecule has 1 aliphatic rings. The molecule has 3 heteroatoms. The molecule has 1 saturated heterocycles. The lowest BCUT2D eigenvalue weighted by Gasteiger charge is -2.45. The third-order valence-electron chi connectivity index (χ3n) is 3.36. The zero-order valence-corrected chi connectivity index (χ0v) is 10.8. The van der Waals surface area contributed by atoms with E-state index in [1.54, 1.807) is 0 Å². The van der Waals surface area contributed by atoms with Gasteiger partial charge in [-0.15, -0.1) is 0 Å². The second-order valence-electron chi connectivity index (χ2n) is 4.61. The van der Waals surface area contributed by atoms with E-state index >= 15 is 0 Å². The Morgan fingerprint density at radius 3 is 2.86 bits per heavy atom. The van der Waals surface area contributed by atoms with E-state index in [2.05, 4.69) is 37.2 Å². The van der Waals surface area contributed by atoms with E-state index in [4.69, 9.17) is 0 Å². The van der Waals surface area contributed by atoms with Crippen LogP contribution in [0, 0.1) is 0 Å². The minimum Gasteiger partial charge on any atom is -0.309 e. The largest absolute Gasteiger partial charge is 0.309 e. The first kappa shape index (κ1) is 12.3. The van der Waals surface area contributed by atoms with Crippen molar-refractivity contribution in [2.75, 3.05) is 31.6 Å². The van der Waals surface area contributed by atoms with Crippen molar-refractivity contribution in [1.82, 2.24) is 10.2 Å². The first-order valence-electron chi connectivity index (χ1n) is 5.59. The summed E-state index contributed by atoms with van der Waals surface area (Å²) >= 11 is 1.94. The third-order valence-corrected chi connectivity index (χ3v) is 3.95. The van der Waals surface area contributed by atoms with Gasteiger partial charge in [0.05, 0.1) is 0 Å². The molecule has 1 aliphatic heterocycles. The van der Waals surface area contributed by atoms with Crippen LogP contribution in [0.15, 0.2) is 0 Å². The predicted octanol–water partition coefficient (Wildman–Crippen LogP) is 1.81. The quantitative estimate of drug-likeness (QED) is 0.771. The Kier molecular flexibility index (Phi) is 4.74. The Bertz CT molecular complexity index is 175. The van der Waals surface area contributed by atoms with Crippen molar-refractivity contribution in [2.24, 2.45) is 0 Å². The minimum atomic E-state index is 0.338. The number of hydrogen-bond acceptors (Lipinski definition) is 3. The van der Waals surface area contributed by atoms with Gasteiger partial charge >= 0.3 is 0 Å². The summed E-state index contributed by atoms with van der Waals surface area (Å²) in [6.07, 6.45) is 3.40. The maximum atomic E-state index is 3.65. The van der Waals surface area contributed by atoms with Gasteiger partial charge in [-0.1, -0.05) is 6.92 Å². The van der Waals surface area contributed by atoms with Crippen molar-refractivity contribution in [3.05, 3.63) is 0 Å². The van der Waals surface area contributed by atoms with Gasteiger partial charge in [-0.3, -0.25) is 4.90 Å². The van der Waals surface area contributed by atoms with Crippen LogP contribution < -0.4 is 5.32 Å². The van der Waals surface area contributed by atoms with E-state index in [9.17, 15) is 0 Å². The molecule has 84 valence electrons. The van der Waals surface area contributed by atoms with Crippen molar-refractivity contribution in [3.63, 3.8) is 0 Å². The monoisotopic (exact) mass is 216 g/mol. The van der Waals surface area contributed by atoms with Crippen LogP contribution in [0.5, 0.6) is 0 Å². The summed E-state index contributed by atoms with van der Waals surface area (Å²) in [5.74, 6) is 1.25. The molecule has 1 fully saturated rings. The van der Waals surface area contributed by atoms with Crippen LogP contribution >= 0.6 is 11.8 Å². The van der Waals surface area contributed by atoms with Crippen LogP contribution in [-0.4, -0.2) is 48.1 Å². The molecule has 0 aromatic rings. The fourth-order valence-electron chi connectivity index (χ4n) is 1.93. The van der Waals surface area contributed by atoms with Crippen LogP contribution in [0.4, 0.5) is 0 Å². The van der Waals surface area contributed by atoms with Crippen LogP contribution in [0.3, 0.4) is 0 Å². The Morgan fingerprint density at radius 1 is 1.57 bits per heavy atom. The number of piperazine rings is 1. The lowest BCUT2D eigenvalue weighted by Crippen LogP contribution is -2.62. The van der Waals surface area contributed by atoms with Crippen LogP contribution in [0.25, 0.3) is 0 Å². The van der Waals surface area contributed by atoms with Crippen molar-refractivity contribution >= 4 is 11.8 Å². The number of nitrogens with one attached hydrogen (secondary N) is 1. The number of rotatable bonds is 4. The Labute approximate surface area is 92.8 Å². The molecule has 0 saturated carbocycles. The average Bonchev–Trinajstić information content (AvgIpc) is 2.20. The van der Waals surface area contributed by atoms with E-state index in [0.29, 0.717) is 11.6 Å². The van der Waals surface area contributed by atoms with Gasteiger partial charge in [0.15, 0.2) is 0 Å². The van der Waals surface area contributed by atoms with Crippen LogP contribution in [0.2, 0.25) is 0 Å². The molecule has 1 N–H and O–H groups in total. The summed E-state index contributed by atoms with van der Waals surface area (Å²) in [6.45, 7) is 10.5. The summed E-state index contributed by atoms with van der Waals surface area (Å²) in [5, 5.41) is 3.65. The standard InChI is InChI=1S/C11H24N2S/c1-5-11(3)9-13(6-7-14-4)10(2)8-12-11/h10,12H,5-9H2,1-4H3. The van der Waals surface area contributed by atoms with E-state index in [1.807, 2.05) is 11.8 Å². The molecule has 0 aliphatic carbocycles. The summed E-state index contributed by atoms with van der Waals surface area (Å²) in [5.41, 5.74) is 0.338. The van der Waals surface area contributed by atoms with Gasteiger partial charge in [0.2, 0.25) is 0 Å². The van der Waals surface area contributed by atoms with Gasteiger partial charge in [0, 0.05) is 37.0 Å². The topological polar surface area (TPSA) is 15.3 Å². The molecule has 0 aromatic carbocycles. The first-order chi connectivity index (χ1) is 6.61. The van der Waals surface area contributed by atoms with E-state index in [-0.39, 0.29) is 0 Å². The van der Waals surface area contributed by atoms with Crippen molar-refractivity contribution < 1.29 is 0 Å². The third kappa shape index (κ3) is 3.14. The molecule has 0 radical (unpaired) electrons. The fraction of sp³-hybridized carbons (Fsp3) is 1.00. The SMILES string of the molecule is CCC1(C)CN(CCSC)C(C)CN1. The Hall–Kier alpha value is 0.270. The maximum Gasteiger partial charge on any atom is 0.0278 e. The summed E-state index contributed by atoms with van der Waals surface area (Å²) in [7, 11) is 0. The Morgan fingerprint density at radius 2 is 2.29 bits per heavy atom. The highest BCUT2D eigenvalue weighted by Gasteiger charge is 2.31. The van der Waals surface area contributed by atoms with Crippen molar-refractivity contribution in [2.45, 2.75) is 38.8 Å². The molecule has 2 atom stereocenters. The predicted molar refractivity (Wildman–Crippen MR) is 66.1 cm³/mol. The van der Waals surface area contributed by atoms with E-state index in [1.165, 1.54) is 25.3 Å². The number of nitrogens with zero attached hydrogens (tertiary/aromatic N) is 1. The zero-order valence-electron chi connectivity index (χ0n) is 9.97. The molecular formula is C11H24N2S. The van der Waals surface area contributed by atoms with Crippen LogP contribution in [0.1, 0.15) is 27.2 Å². The molecule has 0 amide bonds. The molecular weight excluding hydrogens is 192 g/mol. The molecule has 2 unspecified atom stereocenters. The highest BCUT2D eigenvalue weighted by Crippen LogP contribution is 2.18. The Balaban J connectivity index is 2.46. The number of thioether (sulfide) groups is 1. The molecule has 0 spiro atoms. The van der Waals surface area contributed by atoms with Gasteiger partial charge in [-0.05, 0) is 26.5 Å². The molecule has 1 heterocycles. The lowest BCUT2D eigenvalue weighted by molar-refractivity contribution is 0.0998. The summed E-state index contributed by atoms with van der Waals surface area (Å²) in [6, 6.07) is 0.696. The summed E-state index contributed by atoms with van der Waals surface area (Å²) < 4.78 is 0. The molecule has 2 nitrogen and oxygen atoms in total. The zero-order chi connectivity index (χ0) is 10.6. The van der Waals surface area contributed by atoms with E-state index < -0.39 is 0 Å². The average molecular weight is 216 g/mol. The molecule has 14 heavy (non-hydrogen) atoms. The minimum absolute atomic E-state index is 0.338. The van der Waals surface area contributed by atoms with Gasteiger partial charge < -0.3 is 5.32 Å². The second-order valence-corrected chi connectivity index (χ2v) is 5.59. The number of hydrogen-bond donors (Lipinski definition) is 1. The highest BCUT2D eigenvalue weighted by molar-refractivity contribution is 7.98. The molecule has 0 bridgehead atoms. The van der Waals surface area contributed by atoms with Gasteiger partial charge in [0.1, 0.15) is 0 Å². The second kappa shape index (κ2) is 5.38. The van der Waals surface area contributed by atoms with E-state index in [0.717, 1.165) is 6.54 Å². The van der Waals surface area contributed by atoms with Gasteiger partial charge in [0.25, 0.3) is 0 Å². The van der Waals surface area contributed by atoms with Crippen molar-refractivity contribution in [3.8, 4) is 0 Å². The molecule has 1 rings (SSSR count). The lowest BCUT2D eigenvalue weighted by atomic mass is 9.94. The summed E-state index contributed by atoms with van der Waals surface area (Å²) in [4.78, 5) is 2.62. The first-order valence-corrected chi connectivity index (χ1v) is 6.98. The normalized spacial score (nSPS) is 34.7. The van der Waals surface area contributed by atoms with Crippen LogP contribution in [-0.2, 0) is 0 Å².